The van der Waals surface area contributed by atoms with Crippen LogP contribution in [-0.4, -0.2) is 48.9 Å². The summed E-state index contributed by atoms with van der Waals surface area (Å²) in [6.45, 7) is 8.02. The molecule has 9 heteroatoms. The molecule has 1 saturated carbocycles. The number of carbonyl (C=O) groups excluding carboxylic acids is 2. The van der Waals surface area contributed by atoms with E-state index in [1.807, 2.05) is 0 Å². The second-order valence-corrected chi connectivity index (χ2v) is 14.3. The largest absolute Gasteiger partial charge is 0.492 e. The summed E-state index contributed by atoms with van der Waals surface area (Å²) in [7, 11) is 0. The average molecular weight is 749 g/mol. The molecular formula is C45H56F4N2O3. The summed E-state index contributed by atoms with van der Waals surface area (Å²) in [5.41, 5.74) is 1.48. The third kappa shape index (κ3) is 14.2. The zero-order chi connectivity index (χ0) is 38.7. The maximum atomic E-state index is 14.0. The van der Waals surface area contributed by atoms with Crippen molar-refractivity contribution in [1.29, 1.82) is 0 Å². The maximum absolute atomic E-state index is 14.0. The van der Waals surface area contributed by atoms with Crippen LogP contribution >= 0.6 is 0 Å². The minimum absolute atomic E-state index is 0.133. The van der Waals surface area contributed by atoms with Crippen molar-refractivity contribution in [2.45, 2.75) is 110 Å². The first-order valence-corrected chi connectivity index (χ1v) is 19.8. The van der Waals surface area contributed by atoms with E-state index in [0.29, 0.717) is 17.9 Å². The lowest BCUT2D eigenvalue weighted by Crippen LogP contribution is -2.39. The molecule has 0 heterocycles. The molecule has 1 aliphatic carbocycles. The van der Waals surface area contributed by atoms with Gasteiger partial charge in [0.2, 0.25) is 0 Å². The lowest BCUT2D eigenvalue weighted by atomic mass is 9.83. The number of Topliss-reactive ketones (excluding diaryl/α,β-unsaturated/α-hetero) is 1. The van der Waals surface area contributed by atoms with Crippen molar-refractivity contribution in [1.82, 2.24) is 10.2 Å². The van der Waals surface area contributed by atoms with Gasteiger partial charge in [-0.15, -0.1) is 0 Å². The second kappa shape index (κ2) is 22.9. The number of ether oxygens (including phenoxy) is 1. The molecule has 0 unspecified atom stereocenters. The topological polar surface area (TPSA) is 58.6 Å². The Bertz CT molecular complexity index is 1620. The molecule has 1 N–H and O–H groups in total. The molecule has 3 aromatic rings. The van der Waals surface area contributed by atoms with Crippen molar-refractivity contribution in [3.63, 3.8) is 0 Å². The van der Waals surface area contributed by atoms with E-state index in [1.54, 1.807) is 24.3 Å². The number of unbranched alkanes of at least 4 members (excludes halogenated alkanes) is 10. The monoisotopic (exact) mass is 748 g/mol. The highest BCUT2D eigenvalue weighted by Crippen LogP contribution is 2.30. The number of hydrogen-bond donors (Lipinski definition) is 1. The minimum atomic E-state index is -1.05. The maximum Gasteiger partial charge on any atom is 0.251 e. The standard InChI is InChI=1S/C45H56F4N2O3/c1-3-5-7-9-11-13-23-51(24-14-12-10-8-6-4-2)25-26-54-39-19-17-35(18-20-39)45(53)50-38-31-36(27-33-15-21-40(46)42(48)29-33)44(52)37(32-38)28-34-16-22-41(47)43(49)30-34/h15-22,27-30,38H,3-14,23-26,31-32H2,1-2H3,(H,50,53)/b36-27+,37-28+. The first-order chi connectivity index (χ1) is 26.2. The minimum Gasteiger partial charge on any atom is -0.492 e. The highest BCUT2D eigenvalue weighted by molar-refractivity contribution is 6.14. The average Bonchev–Trinajstić information content (AvgIpc) is 3.16. The molecule has 4 rings (SSSR count). The molecule has 0 bridgehead atoms. The van der Waals surface area contributed by atoms with E-state index < -0.39 is 29.3 Å². The Morgan fingerprint density at radius 1 is 0.667 bits per heavy atom. The first-order valence-electron chi connectivity index (χ1n) is 19.8. The van der Waals surface area contributed by atoms with Gasteiger partial charge in [-0.3, -0.25) is 14.5 Å². The van der Waals surface area contributed by atoms with Crippen LogP contribution in [0.3, 0.4) is 0 Å². The number of nitrogens with one attached hydrogen (secondary N) is 1. The van der Waals surface area contributed by atoms with Crippen molar-refractivity contribution < 1.29 is 31.9 Å². The Labute approximate surface area is 318 Å². The summed E-state index contributed by atoms with van der Waals surface area (Å²) in [6.07, 6.45) is 18.4. The van der Waals surface area contributed by atoms with Crippen LogP contribution in [0, 0.1) is 23.3 Å². The highest BCUT2D eigenvalue weighted by atomic mass is 19.2. The summed E-state index contributed by atoms with van der Waals surface area (Å²) in [5.74, 6) is -4.20. The zero-order valence-corrected chi connectivity index (χ0v) is 31.9. The molecule has 0 aromatic heterocycles. The van der Waals surface area contributed by atoms with E-state index in [0.717, 1.165) is 43.9 Å². The van der Waals surface area contributed by atoms with E-state index in [9.17, 15) is 27.2 Å². The Balaban J connectivity index is 1.37. The number of nitrogens with zero attached hydrogens (tertiary/aromatic N) is 1. The summed E-state index contributed by atoms with van der Waals surface area (Å²) in [4.78, 5) is 29.4. The molecule has 1 aliphatic rings. The second-order valence-electron chi connectivity index (χ2n) is 14.3. The fourth-order valence-corrected chi connectivity index (χ4v) is 6.78. The van der Waals surface area contributed by atoms with Crippen molar-refractivity contribution in [2.75, 3.05) is 26.2 Å². The number of amides is 1. The molecule has 5 nitrogen and oxygen atoms in total. The lowest BCUT2D eigenvalue weighted by molar-refractivity contribution is -0.113. The Morgan fingerprint density at radius 3 is 1.63 bits per heavy atom. The van der Waals surface area contributed by atoms with Gasteiger partial charge in [0.05, 0.1) is 0 Å². The Kier molecular flexibility index (Phi) is 18.0. The predicted octanol–water partition coefficient (Wildman–Crippen LogP) is 11.3. The van der Waals surface area contributed by atoms with Crippen LogP contribution in [0.5, 0.6) is 5.75 Å². The SMILES string of the molecule is CCCCCCCCN(CCCCCCCC)CCOc1ccc(C(=O)NC2C/C(=C\c3ccc(F)c(F)c3)C(=O)/C(=C/c3ccc(F)c(F)c3)C2)cc1. The molecular weight excluding hydrogens is 692 g/mol. The predicted molar refractivity (Wildman–Crippen MR) is 209 cm³/mol. The van der Waals surface area contributed by atoms with Crippen LogP contribution in [0.25, 0.3) is 12.2 Å². The molecule has 54 heavy (non-hydrogen) atoms. The van der Waals surface area contributed by atoms with Crippen LogP contribution < -0.4 is 10.1 Å². The van der Waals surface area contributed by atoms with Gasteiger partial charge in [0, 0.05) is 29.3 Å². The molecule has 1 fully saturated rings. The lowest BCUT2D eigenvalue weighted by Gasteiger charge is -2.27. The Hall–Kier alpha value is -4.24. The van der Waals surface area contributed by atoms with Gasteiger partial charge >= 0.3 is 0 Å². The molecule has 0 saturated heterocycles. The number of rotatable bonds is 22. The molecule has 0 radical (unpaired) electrons. The van der Waals surface area contributed by atoms with Crippen LogP contribution in [0.1, 0.15) is 125 Å². The smallest absolute Gasteiger partial charge is 0.251 e. The molecule has 0 aliphatic heterocycles. The summed E-state index contributed by atoms with van der Waals surface area (Å²) in [6, 6.07) is 13.0. The van der Waals surface area contributed by atoms with E-state index in [2.05, 4.69) is 24.1 Å². The van der Waals surface area contributed by atoms with Gasteiger partial charge in [-0.05, 0) is 111 Å². The molecule has 292 valence electrons. The fraction of sp³-hybridized carbons (Fsp3) is 0.467. The van der Waals surface area contributed by atoms with Crippen molar-refractivity contribution in [3.05, 3.63) is 112 Å². The number of benzene rings is 3. The zero-order valence-electron chi connectivity index (χ0n) is 31.9. The van der Waals surface area contributed by atoms with Crippen molar-refractivity contribution in [2.24, 2.45) is 0 Å². The van der Waals surface area contributed by atoms with Gasteiger partial charge in [-0.2, -0.15) is 0 Å². The van der Waals surface area contributed by atoms with Crippen molar-refractivity contribution in [3.8, 4) is 5.75 Å². The van der Waals surface area contributed by atoms with E-state index in [1.165, 1.54) is 101 Å². The summed E-state index contributed by atoms with van der Waals surface area (Å²) < 4.78 is 61.2. The number of hydrogen-bond acceptors (Lipinski definition) is 4. The first kappa shape index (κ1) is 42.5. The number of halogens is 4. The number of ketones is 1. The highest BCUT2D eigenvalue weighted by Gasteiger charge is 2.29. The van der Waals surface area contributed by atoms with E-state index in [-0.39, 0.29) is 46.8 Å². The van der Waals surface area contributed by atoms with Crippen LogP contribution in [0.2, 0.25) is 0 Å². The van der Waals surface area contributed by atoms with E-state index >= 15 is 0 Å². The third-order valence-corrected chi connectivity index (χ3v) is 9.87. The normalized spacial score (nSPS) is 16.1. The summed E-state index contributed by atoms with van der Waals surface area (Å²) >= 11 is 0. The van der Waals surface area contributed by atoms with Gasteiger partial charge in [-0.25, -0.2) is 17.6 Å². The van der Waals surface area contributed by atoms with Crippen LogP contribution in [0.15, 0.2) is 71.8 Å². The molecule has 1 amide bonds. The van der Waals surface area contributed by atoms with Gasteiger partial charge in [0.15, 0.2) is 29.1 Å². The van der Waals surface area contributed by atoms with Gasteiger partial charge in [0.1, 0.15) is 12.4 Å². The molecule has 3 aromatic carbocycles. The van der Waals surface area contributed by atoms with Crippen molar-refractivity contribution >= 4 is 23.8 Å². The van der Waals surface area contributed by atoms with E-state index in [4.69, 9.17) is 4.74 Å². The van der Waals surface area contributed by atoms with Gasteiger partial charge < -0.3 is 10.1 Å². The third-order valence-electron chi connectivity index (χ3n) is 9.87. The molecule has 0 atom stereocenters. The number of carbonyl (C=O) groups is 2. The quantitative estimate of drug-likeness (QED) is 0.0631. The Morgan fingerprint density at radius 2 is 1.15 bits per heavy atom. The summed E-state index contributed by atoms with van der Waals surface area (Å²) in [5, 5.41) is 2.99. The van der Waals surface area contributed by atoms with Crippen LogP contribution in [-0.2, 0) is 4.79 Å². The molecule has 0 spiro atoms. The van der Waals surface area contributed by atoms with Gasteiger partial charge in [0.25, 0.3) is 5.91 Å². The fourth-order valence-electron chi connectivity index (χ4n) is 6.78. The van der Waals surface area contributed by atoms with Crippen LogP contribution in [0.4, 0.5) is 17.6 Å². The van der Waals surface area contributed by atoms with Gasteiger partial charge in [-0.1, -0.05) is 90.2 Å².